The van der Waals surface area contributed by atoms with Crippen molar-refractivity contribution < 1.29 is 4.74 Å². The van der Waals surface area contributed by atoms with E-state index in [0.717, 1.165) is 40.3 Å². The van der Waals surface area contributed by atoms with Crippen molar-refractivity contribution in [1.82, 2.24) is 9.97 Å². The molecule has 1 aromatic heterocycles. The van der Waals surface area contributed by atoms with Crippen molar-refractivity contribution in [3.8, 4) is 0 Å². The Morgan fingerprint density at radius 1 is 1.21 bits per heavy atom. The van der Waals surface area contributed by atoms with Gasteiger partial charge in [0.05, 0.1) is 9.26 Å². The van der Waals surface area contributed by atoms with Crippen LogP contribution in [-0.2, 0) is 16.8 Å². The Bertz CT molecular complexity index is 394. The summed E-state index contributed by atoms with van der Waals surface area (Å²) in [4.78, 5) is 9.35. The number of aromatic nitrogens is 2. The standard InChI is InChI=1S/C14H24IN3O/c1-6-9-10-11(15)12(16-7-2)18-13(17-10)14(4,5)19-8-3/h6-9H2,1-5H3,(H,16,17,18). The summed E-state index contributed by atoms with van der Waals surface area (Å²) < 4.78 is 6.89. The predicted octanol–water partition coefficient (Wildman–Crippen LogP) is 3.74. The van der Waals surface area contributed by atoms with E-state index in [4.69, 9.17) is 9.72 Å². The lowest BCUT2D eigenvalue weighted by molar-refractivity contribution is -0.0209. The Balaban J connectivity index is 3.24. The summed E-state index contributed by atoms with van der Waals surface area (Å²) in [5, 5.41) is 3.32. The molecule has 1 N–H and O–H groups in total. The van der Waals surface area contributed by atoms with Crippen molar-refractivity contribution in [3.05, 3.63) is 15.1 Å². The van der Waals surface area contributed by atoms with Crippen molar-refractivity contribution in [1.29, 1.82) is 0 Å². The van der Waals surface area contributed by atoms with Gasteiger partial charge in [-0.1, -0.05) is 13.3 Å². The summed E-state index contributed by atoms with van der Waals surface area (Å²) in [5.74, 6) is 1.68. The Kier molecular flexibility index (Phi) is 6.46. The molecule has 0 fully saturated rings. The largest absolute Gasteiger partial charge is 0.369 e. The fourth-order valence-corrected chi connectivity index (χ4v) is 2.58. The minimum absolute atomic E-state index is 0.453. The molecule has 0 saturated heterocycles. The Morgan fingerprint density at radius 2 is 1.89 bits per heavy atom. The van der Waals surface area contributed by atoms with Crippen LogP contribution in [0.3, 0.4) is 0 Å². The van der Waals surface area contributed by atoms with Crippen molar-refractivity contribution in [2.45, 2.75) is 53.1 Å². The normalized spacial score (nSPS) is 11.7. The van der Waals surface area contributed by atoms with E-state index in [2.05, 4.69) is 46.7 Å². The van der Waals surface area contributed by atoms with Gasteiger partial charge in [-0.3, -0.25) is 0 Å². The van der Waals surface area contributed by atoms with Crippen LogP contribution in [0.5, 0.6) is 0 Å². The SMILES string of the molecule is CCCc1nc(C(C)(C)OCC)nc(NCC)c1I. The quantitative estimate of drug-likeness (QED) is 0.736. The van der Waals surface area contributed by atoms with Crippen molar-refractivity contribution >= 4 is 28.4 Å². The molecule has 0 unspecified atom stereocenters. The molecule has 0 amide bonds. The Hall–Kier alpha value is -0.430. The highest BCUT2D eigenvalue weighted by molar-refractivity contribution is 14.1. The molecule has 0 bridgehead atoms. The molecule has 1 heterocycles. The van der Waals surface area contributed by atoms with Gasteiger partial charge in [0.15, 0.2) is 5.82 Å². The monoisotopic (exact) mass is 377 g/mol. The van der Waals surface area contributed by atoms with E-state index in [9.17, 15) is 0 Å². The van der Waals surface area contributed by atoms with E-state index in [-0.39, 0.29) is 0 Å². The number of nitrogens with zero attached hydrogens (tertiary/aromatic N) is 2. The fourth-order valence-electron chi connectivity index (χ4n) is 1.88. The van der Waals surface area contributed by atoms with E-state index in [0.29, 0.717) is 6.61 Å². The van der Waals surface area contributed by atoms with Crippen LogP contribution in [0.25, 0.3) is 0 Å². The van der Waals surface area contributed by atoms with Gasteiger partial charge in [-0.2, -0.15) is 0 Å². The first-order valence-electron chi connectivity index (χ1n) is 6.90. The predicted molar refractivity (Wildman–Crippen MR) is 87.6 cm³/mol. The van der Waals surface area contributed by atoms with Gasteiger partial charge in [0.25, 0.3) is 0 Å². The van der Waals surface area contributed by atoms with Crippen molar-refractivity contribution in [2.75, 3.05) is 18.5 Å². The second kappa shape index (κ2) is 7.38. The van der Waals surface area contributed by atoms with E-state index in [1.54, 1.807) is 0 Å². The zero-order valence-corrected chi connectivity index (χ0v) is 14.7. The second-order valence-electron chi connectivity index (χ2n) is 4.88. The summed E-state index contributed by atoms with van der Waals surface area (Å²) >= 11 is 2.33. The van der Waals surface area contributed by atoms with Crippen molar-refractivity contribution in [2.24, 2.45) is 0 Å². The second-order valence-corrected chi connectivity index (χ2v) is 5.96. The maximum absolute atomic E-state index is 5.77. The van der Waals surface area contributed by atoms with E-state index in [1.807, 2.05) is 20.8 Å². The van der Waals surface area contributed by atoms with E-state index >= 15 is 0 Å². The number of nitrogens with one attached hydrogen (secondary N) is 1. The zero-order valence-electron chi connectivity index (χ0n) is 12.5. The maximum Gasteiger partial charge on any atom is 0.162 e. The third-order valence-corrected chi connectivity index (χ3v) is 3.93. The number of rotatable bonds is 7. The lowest BCUT2D eigenvalue weighted by atomic mass is 10.1. The minimum Gasteiger partial charge on any atom is -0.369 e. The fraction of sp³-hybridized carbons (Fsp3) is 0.714. The first-order valence-corrected chi connectivity index (χ1v) is 7.98. The van der Waals surface area contributed by atoms with E-state index < -0.39 is 5.60 Å². The third-order valence-electron chi connectivity index (χ3n) is 2.79. The van der Waals surface area contributed by atoms with Gasteiger partial charge in [0.1, 0.15) is 11.4 Å². The molecular formula is C14H24IN3O. The summed E-state index contributed by atoms with van der Waals surface area (Å²) in [6.45, 7) is 11.8. The molecule has 0 aliphatic carbocycles. The number of halogens is 1. The summed E-state index contributed by atoms with van der Waals surface area (Å²) in [6.07, 6.45) is 2.04. The van der Waals surface area contributed by atoms with Gasteiger partial charge in [0, 0.05) is 13.2 Å². The highest BCUT2D eigenvalue weighted by Gasteiger charge is 2.26. The van der Waals surface area contributed by atoms with Crippen LogP contribution in [-0.4, -0.2) is 23.1 Å². The molecule has 1 rings (SSSR count). The number of aryl methyl sites for hydroxylation is 1. The lowest BCUT2D eigenvalue weighted by Gasteiger charge is -2.24. The molecule has 1 aromatic rings. The zero-order chi connectivity index (χ0) is 14.5. The third kappa shape index (κ3) is 4.27. The highest BCUT2D eigenvalue weighted by atomic mass is 127. The molecule has 4 nitrogen and oxygen atoms in total. The van der Waals surface area contributed by atoms with E-state index in [1.165, 1.54) is 0 Å². The molecule has 0 radical (unpaired) electrons. The van der Waals surface area contributed by atoms with Crippen LogP contribution in [0.2, 0.25) is 0 Å². The van der Waals surface area contributed by atoms with Gasteiger partial charge >= 0.3 is 0 Å². The summed E-state index contributed by atoms with van der Waals surface area (Å²) in [7, 11) is 0. The minimum atomic E-state index is -0.453. The first kappa shape index (κ1) is 16.6. The van der Waals surface area contributed by atoms with Gasteiger partial charge in [-0.25, -0.2) is 9.97 Å². The molecule has 0 aliphatic heterocycles. The number of hydrogen-bond donors (Lipinski definition) is 1. The number of hydrogen-bond acceptors (Lipinski definition) is 4. The molecule has 5 heteroatoms. The lowest BCUT2D eigenvalue weighted by Crippen LogP contribution is -2.26. The van der Waals surface area contributed by atoms with Crippen LogP contribution in [0.15, 0.2) is 0 Å². The van der Waals surface area contributed by atoms with Gasteiger partial charge in [-0.05, 0) is 56.7 Å². The van der Waals surface area contributed by atoms with Crippen LogP contribution in [0.4, 0.5) is 5.82 Å². The van der Waals surface area contributed by atoms with Crippen molar-refractivity contribution in [3.63, 3.8) is 0 Å². The van der Waals surface area contributed by atoms with Crippen LogP contribution >= 0.6 is 22.6 Å². The Labute approximate surface area is 129 Å². The number of anilines is 1. The first-order chi connectivity index (χ1) is 8.96. The molecule has 19 heavy (non-hydrogen) atoms. The van der Waals surface area contributed by atoms with Gasteiger partial charge < -0.3 is 10.1 Å². The topological polar surface area (TPSA) is 47.0 Å². The molecule has 0 saturated carbocycles. The number of ether oxygens (including phenoxy) is 1. The highest BCUT2D eigenvalue weighted by Crippen LogP contribution is 2.27. The Morgan fingerprint density at radius 3 is 2.42 bits per heavy atom. The smallest absolute Gasteiger partial charge is 0.162 e. The van der Waals surface area contributed by atoms with Crippen LogP contribution in [0, 0.1) is 3.57 Å². The van der Waals surface area contributed by atoms with Crippen LogP contribution in [0.1, 0.15) is 52.6 Å². The van der Waals surface area contributed by atoms with Gasteiger partial charge in [-0.15, -0.1) is 0 Å². The molecular weight excluding hydrogens is 353 g/mol. The van der Waals surface area contributed by atoms with Crippen LogP contribution < -0.4 is 5.32 Å². The molecule has 0 aromatic carbocycles. The average Bonchev–Trinajstić information content (AvgIpc) is 2.34. The molecule has 108 valence electrons. The molecule has 0 spiro atoms. The maximum atomic E-state index is 5.77. The summed E-state index contributed by atoms with van der Waals surface area (Å²) in [5.41, 5.74) is 0.656. The average molecular weight is 377 g/mol. The van der Waals surface area contributed by atoms with Gasteiger partial charge in [0.2, 0.25) is 0 Å². The molecule has 0 atom stereocenters. The molecule has 0 aliphatic rings. The summed E-state index contributed by atoms with van der Waals surface area (Å²) in [6, 6.07) is 0.